The molecule has 1 aromatic heterocycles. The number of nitrogens with zero attached hydrogens (tertiary/aromatic N) is 3. The zero-order valence-electron chi connectivity index (χ0n) is 11.4. The Bertz CT molecular complexity index is 811. The number of aromatic carboxylic acids is 1. The fourth-order valence-electron chi connectivity index (χ4n) is 2.14. The number of carboxylic acid groups (broad SMARTS) is 1. The van der Waals surface area contributed by atoms with Gasteiger partial charge in [-0.2, -0.15) is 0 Å². The molecule has 0 fully saturated rings. The van der Waals surface area contributed by atoms with Gasteiger partial charge < -0.3 is 9.84 Å². The van der Waals surface area contributed by atoms with Crippen LogP contribution in [-0.2, 0) is 0 Å². The van der Waals surface area contributed by atoms with Crippen LogP contribution in [0.3, 0.4) is 0 Å². The molecule has 106 valence electrons. The van der Waals surface area contributed by atoms with Gasteiger partial charge in [0, 0.05) is 0 Å². The second-order valence-corrected chi connectivity index (χ2v) is 4.41. The van der Waals surface area contributed by atoms with Crippen molar-refractivity contribution in [1.29, 1.82) is 0 Å². The number of benzene rings is 2. The van der Waals surface area contributed by atoms with E-state index in [1.54, 1.807) is 10.7 Å². The number of rotatable bonds is 4. The van der Waals surface area contributed by atoms with Crippen molar-refractivity contribution in [3.63, 3.8) is 0 Å². The minimum Gasteiger partial charge on any atom is -0.492 e. The van der Waals surface area contributed by atoms with Gasteiger partial charge in [-0.1, -0.05) is 17.3 Å². The zero-order chi connectivity index (χ0) is 14.8. The van der Waals surface area contributed by atoms with Gasteiger partial charge in [-0.15, -0.1) is 5.10 Å². The standard InChI is InChI=1S/C15H13N3O3/c1-2-21-14-6-4-3-5-13(14)18-12-8-7-10(15(19)20)9-11(12)16-17-18/h3-9H,2H2,1H3,(H,19,20). The highest BCUT2D eigenvalue weighted by molar-refractivity contribution is 5.92. The Morgan fingerprint density at radius 3 is 2.86 bits per heavy atom. The zero-order valence-corrected chi connectivity index (χ0v) is 11.4. The van der Waals surface area contributed by atoms with Crippen LogP contribution in [-0.4, -0.2) is 32.7 Å². The average Bonchev–Trinajstić information content (AvgIpc) is 2.91. The predicted octanol–water partition coefficient (Wildman–Crippen LogP) is 2.52. The summed E-state index contributed by atoms with van der Waals surface area (Å²) in [7, 11) is 0. The van der Waals surface area contributed by atoms with Crippen LogP contribution in [0, 0.1) is 0 Å². The first-order valence-electron chi connectivity index (χ1n) is 6.51. The lowest BCUT2D eigenvalue weighted by atomic mass is 10.2. The van der Waals surface area contributed by atoms with Crippen LogP contribution < -0.4 is 4.74 Å². The molecule has 6 nitrogen and oxygen atoms in total. The molecule has 1 heterocycles. The van der Waals surface area contributed by atoms with Gasteiger partial charge in [-0.05, 0) is 37.3 Å². The first-order chi connectivity index (χ1) is 10.2. The molecular formula is C15H13N3O3. The first-order valence-corrected chi connectivity index (χ1v) is 6.51. The van der Waals surface area contributed by atoms with Crippen molar-refractivity contribution in [2.75, 3.05) is 6.61 Å². The molecule has 0 amide bonds. The van der Waals surface area contributed by atoms with Gasteiger partial charge in [-0.25, -0.2) is 9.48 Å². The van der Waals surface area contributed by atoms with Crippen molar-refractivity contribution in [3.8, 4) is 11.4 Å². The van der Waals surface area contributed by atoms with Crippen LogP contribution in [0.15, 0.2) is 42.5 Å². The fraction of sp³-hybridized carbons (Fsp3) is 0.133. The molecule has 21 heavy (non-hydrogen) atoms. The summed E-state index contributed by atoms with van der Waals surface area (Å²) in [6.07, 6.45) is 0. The van der Waals surface area contributed by atoms with Crippen molar-refractivity contribution in [1.82, 2.24) is 15.0 Å². The summed E-state index contributed by atoms with van der Waals surface area (Å²) in [5.74, 6) is -0.282. The third-order valence-electron chi connectivity index (χ3n) is 3.09. The topological polar surface area (TPSA) is 77.2 Å². The van der Waals surface area contributed by atoms with E-state index in [1.165, 1.54) is 12.1 Å². The Hall–Kier alpha value is -2.89. The van der Waals surface area contributed by atoms with Crippen molar-refractivity contribution >= 4 is 17.0 Å². The fourth-order valence-corrected chi connectivity index (χ4v) is 2.14. The van der Waals surface area contributed by atoms with Gasteiger partial charge in [0.05, 0.1) is 17.7 Å². The number of fused-ring (bicyclic) bond motifs is 1. The molecule has 2 aromatic carbocycles. The minimum absolute atomic E-state index is 0.188. The second kappa shape index (κ2) is 5.24. The molecule has 3 rings (SSSR count). The Kier molecular flexibility index (Phi) is 3.27. The maximum absolute atomic E-state index is 11.0. The van der Waals surface area contributed by atoms with Crippen LogP contribution in [0.25, 0.3) is 16.7 Å². The summed E-state index contributed by atoms with van der Waals surface area (Å²) in [6.45, 7) is 2.46. The molecule has 0 aliphatic carbocycles. The van der Waals surface area contributed by atoms with Crippen LogP contribution in [0.5, 0.6) is 5.75 Å². The average molecular weight is 283 g/mol. The van der Waals surface area contributed by atoms with Crippen molar-refractivity contribution in [3.05, 3.63) is 48.0 Å². The van der Waals surface area contributed by atoms with Gasteiger partial charge in [0.15, 0.2) is 0 Å². The van der Waals surface area contributed by atoms with E-state index in [-0.39, 0.29) is 5.56 Å². The smallest absolute Gasteiger partial charge is 0.335 e. The highest BCUT2D eigenvalue weighted by Crippen LogP contribution is 2.25. The number of hydrogen-bond acceptors (Lipinski definition) is 4. The highest BCUT2D eigenvalue weighted by Gasteiger charge is 2.13. The Morgan fingerprint density at radius 1 is 1.29 bits per heavy atom. The molecular weight excluding hydrogens is 270 g/mol. The van der Waals surface area contributed by atoms with E-state index in [1.807, 2.05) is 31.2 Å². The Balaban J connectivity index is 2.15. The molecule has 0 aliphatic heterocycles. The Labute approximate surface area is 120 Å². The lowest BCUT2D eigenvalue weighted by Gasteiger charge is -2.09. The lowest BCUT2D eigenvalue weighted by Crippen LogP contribution is -2.02. The molecule has 1 N–H and O–H groups in total. The number of carboxylic acids is 1. The van der Waals surface area contributed by atoms with Gasteiger partial charge in [0.2, 0.25) is 0 Å². The van der Waals surface area contributed by atoms with Crippen molar-refractivity contribution in [2.24, 2.45) is 0 Å². The minimum atomic E-state index is -0.985. The van der Waals surface area contributed by atoms with Gasteiger partial charge in [-0.3, -0.25) is 0 Å². The molecule has 0 saturated heterocycles. The summed E-state index contributed by atoms with van der Waals surface area (Å²) in [6, 6.07) is 12.2. The summed E-state index contributed by atoms with van der Waals surface area (Å²) >= 11 is 0. The number of carbonyl (C=O) groups is 1. The largest absolute Gasteiger partial charge is 0.492 e. The molecule has 0 unspecified atom stereocenters. The summed E-state index contributed by atoms with van der Waals surface area (Å²) in [5, 5.41) is 17.1. The van der Waals surface area contributed by atoms with Crippen molar-refractivity contribution < 1.29 is 14.6 Å². The second-order valence-electron chi connectivity index (χ2n) is 4.41. The predicted molar refractivity (Wildman–Crippen MR) is 77.0 cm³/mol. The van der Waals surface area contributed by atoms with Gasteiger partial charge >= 0.3 is 5.97 Å². The van der Waals surface area contributed by atoms with E-state index in [4.69, 9.17) is 9.84 Å². The Morgan fingerprint density at radius 2 is 2.10 bits per heavy atom. The molecule has 0 spiro atoms. The normalized spacial score (nSPS) is 10.7. The van der Waals surface area contributed by atoms with E-state index >= 15 is 0 Å². The highest BCUT2D eigenvalue weighted by atomic mass is 16.5. The molecule has 0 bridgehead atoms. The quantitative estimate of drug-likeness (QED) is 0.796. The van der Waals surface area contributed by atoms with E-state index in [0.29, 0.717) is 17.9 Å². The molecule has 0 aliphatic rings. The van der Waals surface area contributed by atoms with E-state index in [9.17, 15) is 4.79 Å². The van der Waals surface area contributed by atoms with E-state index < -0.39 is 5.97 Å². The summed E-state index contributed by atoms with van der Waals surface area (Å²) in [4.78, 5) is 11.0. The summed E-state index contributed by atoms with van der Waals surface area (Å²) < 4.78 is 7.23. The number of aromatic nitrogens is 3. The third-order valence-corrected chi connectivity index (χ3v) is 3.09. The van der Waals surface area contributed by atoms with E-state index in [2.05, 4.69) is 10.3 Å². The number of ether oxygens (including phenoxy) is 1. The lowest BCUT2D eigenvalue weighted by molar-refractivity contribution is 0.0697. The molecule has 0 radical (unpaired) electrons. The maximum atomic E-state index is 11.0. The van der Waals surface area contributed by atoms with Gasteiger partial charge in [0.25, 0.3) is 0 Å². The van der Waals surface area contributed by atoms with Crippen molar-refractivity contribution in [2.45, 2.75) is 6.92 Å². The van der Waals surface area contributed by atoms with E-state index in [0.717, 1.165) is 11.2 Å². The van der Waals surface area contributed by atoms with Crippen LogP contribution in [0.4, 0.5) is 0 Å². The molecule has 3 aromatic rings. The van der Waals surface area contributed by atoms with Crippen LogP contribution in [0.2, 0.25) is 0 Å². The molecule has 0 atom stereocenters. The first kappa shape index (κ1) is 13.1. The van der Waals surface area contributed by atoms with Crippen LogP contribution in [0.1, 0.15) is 17.3 Å². The third kappa shape index (κ3) is 2.31. The number of hydrogen-bond donors (Lipinski definition) is 1. The maximum Gasteiger partial charge on any atom is 0.335 e. The molecule has 0 saturated carbocycles. The monoisotopic (exact) mass is 283 g/mol. The SMILES string of the molecule is CCOc1ccccc1-n1nnc2cc(C(=O)O)ccc21. The summed E-state index contributed by atoms with van der Waals surface area (Å²) in [5.41, 5.74) is 2.21. The molecule has 6 heteroatoms. The van der Waals surface area contributed by atoms with Crippen LogP contribution >= 0.6 is 0 Å². The number of para-hydroxylation sites is 2. The van der Waals surface area contributed by atoms with Gasteiger partial charge in [0.1, 0.15) is 17.0 Å².